The van der Waals surface area contributed by atoms with Crippen LogP contribution in [-0.2, 0) is 9.53 Å². The number of ether oxygens (including phenoxy) is 1. The maximum atomic E-state index is 11.2. The van der Waals surface area contributed by atoms with Crippen LogP contribution in [0.25, 0.3) is 0 Å². The van der Waals surface area contributed by atoms with E-state index in [9.17, 15) is 4.79 Å². The molecule has 0 amide bonds. The minimum absolute atomic E-state index is 0.0299. The van der Waals surface area contributed by atoms with Crippen molar-refractivity contribution >= 4 is 29.0 Å². The van der Waals surface area contributed by atoms with Crippen LogP contribution in [0.2, 0.25) is 10.0 Å². The monoisotopic (exact) mass is 242 g/mol. The first-order chi connectivity index (χ1) is 7.18. The number of rotatable bonds is 1. The quantitative estimate of drug-likeness (QED) is 0.754. The highest BCUT2D eigenvalue weighted by Gasteiger charge is 2.21. The number of ketones is 1. The predicted octanol–water partition coefficient (Wildman–Crippen LogP) is 3.54. The summed E-state index contributed by atoms with van der Waals surface area (Å²) in [5.41, 5.74) is 0.752. The van der Waals surface area contributed by atoms with Crippen molar-refractivity contribution in [3.05, 3.63) is 46.1 Å². The SMILES string of the molecule is O=C1C=COC(c2cccc(Cl)c2Cl)C1. The Balaban J connectivity index is 2.34. The molecule has 78 valence electrons. The molecule has 0 saturated heterocycles. The van der Waals surface area contributed by atoms with Gasteiger partial charge in [0.2, 0.25) is 0 Å². The molecule has 1 aromatic carbocycles. The number of hydrogen-bond donors (Lipinski definition) is 0. The molecule has 1 aromatic rings. The highest BCUT2D eigenvalue weighted by molar-refractivity contribution is 6.42. The summed E-state index contributed by atoms with van der Waals surface area (Å²) in [5, 5.41) is 0.923. The Labute approximate surface area is 97.4 Å². The molecule has 2 rings (SSSR count). The molecule has 4 heteroatoms. The van der Waals surface area contributed by atoms with E-state index < -0.39 is 0 Å². The first-order valence-electron chi connectivity index (χ1n) is 4.47. The fourth-order valence-electron chi connectivity index (χ4n) is 1.46. The van der Waals surface area contributed by atoms with Crippen LogP contribution >= 0.6 is 23.2 Å². The van der Waals surface area contributed by atoms with Gasteiger partial charge in [-0.1, -0.05) is 35.3 Å². The molecule has 0 bridgehead atoms. The Morgan fingerprint density at radius 2 is 2.13 bits per heavy atom. The number of allylic oxidation sites excluding steroid dienone is 1. The van der Waals surface area contributed by atoms with Gasteiger partial charge >= 0.3 is 0 Å². The smallest absolute Gasteiger partial charge is 0.162 e. The van der Waals surface area contributed by atoms with Gasteiger partial charge < -0.3 is 4.74 Å². The Morgan fingerprint density at radius 1 is 1.33 bits per heavy atom. The van der Waals surface area contributed by atoms with Gasteiger partial charge in [0.15, 0.2) is 5.78 Å². The van der Waals surface area contributed by atoms with Crippen LogP contribution in [0, 0.1) is 0 Å². The number of hydrogen-bond acceptors (Lipinski definition) is 2. The topological polar surface area (TPSA) is 26.3 Å². The summed E-state index contributed by atoms with van der Waals surface area (Å²) in [6.45, 7) is 0. The molecule has 0 fully saturated rings. The third kappa shape index (κ3) is 2.16. The van der Waals surface area contributed by atoms with Crippen molar-refractivity contribution in [2.45, 2.75) is 12.5 Å². The third-order valence-corrected chi connectivity index (χ3v) is 3.05. The van der Waals surface area contributed by atoms with Crippen LogP contribution < -0.4 is 0 Å². The van der Waals surface area contributed by atoms with Crippen molar-refractivity contribution in [1.82, 2.24) is 0 Å². The lowest BCUT2D eigenvalue weighted by Gasteiger charge is -2.20. The molecule has 0 spiro atoms. The van der Waals surface area contributed by atoms with Crippen LogP contribution in [0.4, 0.5) is 0 Å². The van der Waals surface area contributed by atoms with Gasteiger partial charge in [-0.15, -0.1) is 0 Å². The molecule has 1 heterocycles. The summed E-state index contributed by atoms with van der Waals surface area (Å²) in [7, 11) is 0. The minimum Gasteiger partial charge on any atom is -0.493 e. The number of carbonyl (C=O) groups is 1. The zero-order valence-corrected chi connectivity index (χ0v) is 9.26. The number of halogens is 2. The maximum Gasteiger partial charge on any atom is 0.162 e. The van der Waals surface area contributed by atoms with Gasteiger partial charge in [-0.25, -0.2) is 0 Å². The van der Waals surface area contributed by atoms with Gasteiger partial charge in [-0.05, 0) is 6.07 Å². The average Bonchev–Trinajstić information content (AvgIpc) is 2.22. The second-order valence-corrected chi connectivity index (χ2v) is 4.03. The summed E-state index contributed by atoms with van der Waals surface area (Å²) in [6.07, 6.45) is 2.79. The van der Waals surface area contributed by atoms with Gasteiger partial charge in [0.1, 0.15) is 6.10 Å². The Bertz CT molecular complexity index is 427. The molecule has 0 saturated carbocycles. The summed E-state index contributed by atoms with van der Waals surface area (Å²) in [4.78, 5) is 11.2. The first kappa shape index (κ1) is 10.5. The third-order valence-electron chi connectivity index (χ3n) is 2.21. The summed E-state index contributed by atoms with van der Waals surface area (Å²) in [5.74, 6) is 0.0299. The first-order valence-corrected chi connectivity index (χ1v) is 5.23. The van der Waals surface area contributed by atoms with Crippen molar-refractivity contribution in [3.8, 4) is 0 Å². The maximum absolute atomic E-state index is 11.2. The van der Waals surface area contributed by atoms with Crippen LogP contribution in [0.1, 0.15) is 18.1 Å². The normalized spacial score (nSPS) is 20.1. The summed E-state index contributed by atoms with van der Waals surface area (Å²) in [6, 6.07) is 5.30. The van der Waals surface area contributed by atoms with Gasteiger partial charge in [0.25, 0.3) is 0 Å². The van der Waals surface area contributed by atoms with Gasteiger partial charge in [-0.3, -0.25) is 4.79 Å². The lowest BCUT2D eigenvalue weighted by Crippen LogP contribution is -2.11. The lowest BCUT2D eigenvalue weighted by molar-refractivity contribution is -0.118. The van der Waals surface area contributed by atoms with Crippen LogP contribution in [0.5, 0.6) is 0 Å². The van der Waals surface area contributed by atoms with E-state index in [0.29, 0.717) is 16.5 Å². The van der Waals surface area contributed by atoms with E-state index in [1.165, 1.54) is 12.3 Å². The second-order valence-electron chi connectivity index (χ2n) is 3.24. The van der Waals surface area contributed by atoms with Crippen LogP contribution in [0.15, 0.2) is 30.5 Å². The van der Waals surface area contributed by atoms with Crippen LogP contribution in [0.3, 0.4) is 0 Å². The molecule has 1 unspecified atom stereocenters. The van der Waals surface area contributed by atoms with Gasteiger partial charge in [-0.2, -0.15) is 0 Å². The van der Waals surface area contributed by atoms with Crippen molar-refractivity contribution < 1.29 is 9.53 Å². The Morgan fingerprint density at radius 3 is 2.87 bits per heavy atom. The molecule has 2 nitrogen and oxygen atoms in total. The predicted molar refractivity (Wildman–Crippen MR) is 59.1 cm³/mol. The van der Waals surface area contributed by atoms with Crippen molar-refractivity contribution in [2.24, 2.45) is 0 Å². The summed E-state index contributed by atoms with van der Waals surface area (Å²) < 4.78 is 5.33. The number of carbonyl (C=O) groups excluding carboxylic acids is 1. The molecule has 0 aromatic heterocycles. The lowest BCUT2D eigenvalue weighted by atomic mass is 10.0. The van der Waals surface area contributed by atoms with E-state index in [1.54, 1.807) is 12.1 Å². The molecule has 0 radical (unpaired) electrons. The van der Waals surface area contributed by atoms with Crippen LogP contribution in [-0.4, -0.2) is 5.78 Å². The molecule has 15 heavy (non-hydrogen) atoms. The van der Waals surface area contributed by atoms with Gasteiger partial charge in [0, 0.05) is 11.6 Å². The largest absolute Gasteiger partial charge is 0.493 e. The van der Waals surface area contributed by atoms with E-state index in [-0.39, 0.29) is 11.9 Å². The van der Waals surface area contributed by atoms with Crippen molar-refractivity contribution in [2.75, 3.05) is 0 Å². The molecular weight excluding hydrogens is 235 g/mol. The molecule has 1 aliphatic rings. The van der Waals surface area contributed by atoms with E-state index >= 15 is 0 Å². The zero-order chi connectivity index (χ0) is 10.8. The van der Waals surface area contributed by atoms with E-state index in [4.69, 9.17) is 27.9 Å². The fourth-order valence-corrected chi connectivity index (χ4v) is 1.89. The minimum atomic E-state index is -0.325. The molecule has 1 atom stereocenters. The van der Waals surface area contributed by atoms with Crippen molar-refractivity contribution in [3.63, 3.8) is 0 Å². The fraction of sp³-hybridized carbons (Fsp3) is 0.182. The van der Waals surface area contributed by atoms with Gasteiger partial charge in [0.05, 0.1) is 22.7 Å². The highest BCUT2D eigenvalue weighted by Crippen LogP contribution is 2.34. The molecular formula is C11H8Cl2O2. The Hall–Kier alpha value is -0.990. The second kappa shape index (κ2) is 4.25. The standard InChI is InChI=1S/C11H8Cl2O2/c12-9-3-1-2-8(11(9)13)10-6-7(14)4-5-15-10/h1-5,10H,6H2. The van der Waals surface area contributed by atoms with E-state index in [1.807, 2.05) is 6.07 Å². The Kier molecular flexibility index (Phi) is 2.98. The molecule has 0 N–H and O–H groups in total. The van der Waals surface area contributed by atoms with Crippen molar-refractivity contribution in [1.29, 1.82) is 0 Å². The van der Waals surface area contributed by atoms with E-state index in [2.05, 4.69) is 0 Å². The summed E-state index contributed by atoms with van der Waals surface area (Å²) >= 11 is 11.9. The van der Waals surface area contributed by atoms with E-state index in [0.717, 1.165) is 5.56 Å². The molecule has 0 aliphatic carbocycles. The molecule has 1 aliphatic heterocycles. The average molecular weight is 243 g/mol. The zero-order valence-electron chi connectivity index (χ0n) is 7.74. The highest BCUT2D eigenvalue weighted by atomic mass is 35.5. The number of benzene rings is 1.